The first-order valence-electron chi connectivity index (χ1n) is 6.57. The standard InChI is InChI=1S/C15H20N2O2/c1-15(2,10-16)7-8-17-13(18)9-11-5-3-4-6-12(11)14(17)19/h3-6H,7-10,16H2,1-2H3. The van der Waals surface area contributed by atoms with Crippen molar-refractivity contribution < 1.29 is 9.59 Å². The Balaban J connectivity index is 2.15. The van der Waals surface area contributed by atoms with Crippen molar-refractivity contribution in [1.82, 2.24) is 4.90 Å². The van der Waals surface area contributed by atoms with Gasteiger partial charge < -0.3 is 5.73 Å². The normalized spacial score (nSPS) is 15.6. The van der Waals surface area contributed by atoms with Crippen LogP contribution >= 0.6 is 0 Å². The third-order valence-corrected chi connectivity index (χ3v) is 3.70. The van der Waals surface area contributed by atoms with Crippen LogP contribution in [0.25, 0.3) is 0 Å². The fourth-order valence-electron chi connectivity index (χ4n) is 2.14. The summed E-state index contributed by atoms with van der Waals surface area (Å²) in [5, 5.41) is 0. The molecule has 0 aromatic heterocycles. The van der Waals surface area contributed by atoms with E-state index in [1.54, 1.807) is 6.07 Å². The van der Waals surface area contributed by atoms with Crippen LogP contribution in [0.3, 0.4) is 0 Å². The fourth-order valence-corrected chi connectivity index (χ4v) is 2.14. The van der Waals surface area contributed by atoms with Crippen LogP contribution in [0, 0.1) is 5.41 Å². The largest absolute Gasteiger partial charge is 0.330 e. The summed E-state index contributed by atoms with van der Waals surface area (Å²) >= 11 is 0. The monoisotopic (exact) mass is 260 g/mol. The number of nitrogens with zero attached hydrogens (tertiary/aromatic N) is 1. The molecule has 1 aromatic rings. The molecule has 0 radical (unpaired) electrons. The molecule has 0 unspecified atom stereocenters. The lowest BCUT2D eigenvalue weighted by Gasteiger charge is -2.30. The Hall–Kier alpha value is -1.68. The maximum Gasteiger partial charge on any atom is 0.260 e. The predicted octanol–water partition coefficient (Wildman–Crippen LogP) is 1.59. The van der Waals surface area contributed by atoms with E-state index in [0.717, 1.165) is 12.0 Å². The van der Waals surface area contributed by atoms with Crippen LogP contribution in [-0.4, -0.2) is 29.8 Å². The number of benzene rings is 1. The molecule has 4 heteroatoms. The third-order valence-electron chi connectivity index (χ3n) is 3.70. The van der Waals surface area contributed by atoms with Crippen molar-refractivity contribution >= 4 is 11.8 Å². The van der Waals surface area contributed by atoms with Gasteiger partial charge in [-0.05, 0) is 30.0 Å². The van der Waals surface area contributed by atoms with Crippen LogP contribution in [0.4, 0.5) is 0 Å². The summed E-state index contributed by atoms with van der Waals surface area (Å²) in [5.41, 5.74) is 7.09. The van der Waals surface area contributed by atoms with Gasteiger partial charge in [0.15, 0.2) is 0 Å². The summed E-state index contributed by atoms with van der Waals surface area (Å²) in [5.74, 6) is -0.295. The molecule has 0 saturated heterocycles. The second-order valence-corrected chi connectivity index (χ2v) is 5.80. The van der Waals surface area contributed by atoms with Gasteiger partial charge in [-0.2, -0.15) is 0 Å². The molecule has 0 atom stereocenters. The molecule has 1 aliphatic heterocycles. The van der Waals surface area contributed by atoms with E-state index in [2.05, 4.69) is 0 Å². The summed E-state index contributed by atoms with van der Waals surface area (Å²) in [6, 6.07) is 7.30. The van der Waals surface area contributed by atoms with Crippen molar-refractivity contribution in [2.24, 2.45) is 11.1 Å². The van der Waals surface area contributed by atoms with Gasteiger partial charge in [-0.25, -0.2) is 0 Å². The van der Waals surface area contributed by atoms with Gasteiger partial charge >= 0.3 is 0 Å². The smallest absolute Gasteiger partial charge is 0.260 e. The Labute approximate surface area is 113 Å². The highest BCUT2D eigenvalue weighted by Gasteiger charge is 2.31. The van der Waals surface area contributed by atoms with Gasteiger partial charge in [-0.15, -0.1) is 0 Å². The number of nitrogens with two attached hydrogens (primary N) is 1. The molecule has 0 saturated carbocycles. The van der Waals surface area contributed by atoms with Crippen LogP contribution in [0.1, 0.15) is 36.2 Å². The van der Waals surface area contributed by atoms with Crippen LogP contribution in [0.2, 0.25) is 0 Å². The van der Waals surface area contributed by atoms with Gasteiger partial charge in [-0.3, -0.25) is 14.5 Å². The zero-order chi connectivity index (χ0) is 14.0. The van der Waals surface area contributed by atoms with Gasteiger partial charge in [-0.1, -0.05) is 32.0 Å². The lowest BCUT2D eigenvalue weighted by molar-refractivity contribution is -0.128. The summed E-state index contributed by atoms with van der Waals surface area (Å²) in [4.78, 5) is 25.7. The van der Waals surface area contributed by atoms with E-state index in [4.69, 9.17) is 5.73 Å². The second kappa shape index (κ2) is 5.13. The van der Waals surface area contributed by atoms with Crippen LogP contribution in [0.5, 0.6) is 0 Å². The average Bonchev–Trinajstić information content (AvgIpc) is 2.38. The molecular formula is C15H20N2O2. The highest BCUT2D eigenvalue weighted by atomic mass is 16.2. The number of carbonyl (C=O) groups excluding carboxylic acids is 2. The molecule has 19 heavy (non-hydrogen) atoms. The summed E-state index contributed by atoms with van der Waals surface area (Å²) in [7, 11) is 0. The van der Waals surface area contributed by atoms with Gasteiger partial charge in [0, 0.05) is 12.1 Å². The summed E-state index contributed by atoms with van der Waals surface area (Å²) in [6.07, 6.45) is 1.04. The highest BCUT2D eigenvalue weighted by molar-refractivity contribution is 6.09. The van der Waals surface area contributed by atoms with E-state index in [1.807, 2.05) is 32.0 Å². The molecule has 1 aromatic carbocycles. The molecule has 2 rings (SSSR count). The Morgan fingerprint density at radius 3 is 2.63 bits per heavy atom. The predicted molar refractivity (Wildman–Crippen MR) is 73.6 cm³/mol. The molecule has 1 heterocycles. The topological polar surface area (TPSA) is 63.4 Å². The molecule has 102 valence electrons. The fraction of sp³-hybridized carbons (Fsp3) is 0.467. The number of fused-ring (bicyclic) bond motifs is 1. The molecule has 2 N–H and O–H groups in total. The Morgan fingerprint density at radius 2 is 1.95 bits per heavy atom. The number of hydrogen-bond acceptors (Lipinski definition) is 3. The molecule has 0 bridgehead atoms. The number of amides is 2. The van der Waals surface area contributed by atoms with E-state index >= 15 is 0 Å². The van der Waals surface area contributed by atoms with E-state index in [-0.39, 0.29) is 17.2 Å². The number of imide groups is 1. The summed E-state index contributed by atoms with van der Waals surface area (Å²) in [6.45, 7) is 5.07. The Kier molecular flexibility index (Phi) is 3.71. The third kappa shape index (κ3) is 2.84. The Bertz CT molecular complexity index is 509. The molecule has 1 aliphatic rings. The minimum Gasteiger partial charge on any atom is -0.330 e. The van der Waals surface area contributed by atoms with E-state index in [1.165, 1.54) is 4.90 Å². The number of hydrogen-bond donors (Lipinski definition) is 1. The molecule has 0 fully saturated rings. The minimum atomic E-state index is -0.181. The van der Waals surface area contributed by atoms with E-state index in [0.29, 0.717) is 25.1 Å². The van der Waals surface area contributed by atoms with Crippen LogP contribution < -0.4 is 5.73 Å². The van der Waals surface area contributed by atoms with Crippen LogP contribution in [0.15, 0.2) is 24.3 Å². The lowest BCUT2D eigenvalue weighted by atomic mass is 9.88. The van der Waals surface area contributed by atoms with Crippen molar-refractivity contribution in [3.8, 4) is 0 Å². The quantitative estimate of drug-likeness (QED) is 0.836. The zero-order valence-electron chi connectivity index (χ0n) is 11.5. The molecule has 0 spiro atoms. The van der Waals surface area contributed by atoms with Gasteiger partial charge in [0.05, 0.1) is 6.42 Å². The van der Waals surface area contributed by atoms with E-state index < -0.39 is 0 Å². The highest BCUT2D eigenvalue weighted by Crippen LogP contribution is 2.23. The second-order valence-electron chi connectivity index (χ2n) is 5.80. The molecule has 0 aliphatic carbocycles. The van der Waals surface area contributed by atoms with E-state index in [9.17, 15) is 9.59 Å². The lowest BCUT2D eigenvalue weighted by Crippen LogP contribution is -2.44. The molecule has 4 nitrogen and oxygen atoms in total. The molecular weight excluding hydrogens is 240 g/mol. The van der Waals surface area contributed by atoms with Crippen molar-refractivity contribution in [2.45, 2.75) is 26.7 Å². The minimum absolute atomic E-state index is 0.0580. The maximum absolute atomic E-state index is 12.3. The first-order valence-corrected chi connectivity index (χ1v) is 6.57. The SMILES string of the molecule is CC(C)(CN)CCN1C(=O)Cc2ccccc2C1=O. The number of rotatable bonds is 4. The zero-order valence-corrected chi connectivity index (χ0v) is 11.5. The summed E-state index contributed by atoms with van der Waals surface area (Å²) < 4.78 is 0. The van der Waals surface area contributed by atoms with Gasteiger partial charge in [0.1, 0.15) is 0 Å². The first-order chi connectivity index (χ1) is 8.94. The van der Waals surface area contributed by atoms with Crippen molar-refractivity contribution in [2.75, 3.05) is 13.1 Å². The Morgan fingerprint density at radius 1 is 1.26 bits per heavy atom. The van der Waals surface area contributed by atoms with Gasteiger partial charge in [0.25, 0.3) is 5.91 Å². The van der Waals surface area contributed by atoms with Crippen molar-refractivity contribution in [3.63, 3.8) is 0 Å². The van der Waals surface area contributed by atoms with Crippen molar-refractivity contribution in [1.29, 1.82) is 0 Å². The van der Waals surface area contributed by atoms with Gasteiger partial charge in [0.2, 0.25) is 5.91 Å². The number of carbonyl (C=O) groups is 2. The van der Waals surface area contributed by atoms with Crippen LogP contribution in [-0.2, 0) is 11.2 Å². The molecule has 2 amide bonds. The first kappa shape index (κ1) is 13.7. The van der Waals surface area contributed by atoms with Crippen molar-refractivity contribution in [3.05, 3.63) is 35.4 Å². The average molecular weight is 260 g/mol. The maximum atomic E-state index is 12.3.